The van der Waals surface area contributed by atoms with Crippen molar-refractivity contribution in [1.29, 1.82) is 0 Å². The second kappa shape index (κ2) is 4.07. The van der Waals surface area contributed by atoms with Gasteiger partial charge in [0.1, 0.15) is 0 Å². The Labute approximate surface area is 68.1 Å². The highest BCUT2D eigenvalue weighted by molar-refractivity contribution is 7.99. The summed E-state index contributed by atoms with van der Waals surface area (Å²) in [6.07, 6.45) is 6.06. The second-order valence-corrected chi connectivity index (χ2v) is 4.43. The van der Waals surface area contributed by atoms with Crippen molar-refractivity contribution in [1.82, 2.24) is 0 Å². The van der Waals surface area contributed by atoms with E-state index in [2.05, 4.69) is 37.8 Å². The lowest BCUT2D eigenvalue weighted by Gasteiger charge is -2.17. The van der Waals surface area contributed by atoms with Gasteiger partial charge in [0, 0.05) is 5.75 Å². The normalized spacial score (nSPS) is 25.7. The Morgan fingerprint density at radius 3 is 2.90 bits per heavy atom. The molecule has 1 rings (SSSR count). The van der Waals surface area contributed by atoms with E-state index >= 15 is 0 Å². The molecule has 0 aliphatic carbocycles. The molecule has 0 N–H and O–H groups in total. The van der Waals surface area contributed by atoms with Gasteiger partial charge in [0.05, 0.1) is 0 Å². The summed E-state index contributed by atoms with van der Waals surface area (Å²) >= 11 is 2.06. The van der Waals surface area contributed by atoms with Crippen LogP contribution < -0.4 is 0 Å². The van der Waals surface area contributed by atoms with Crippen molar-refractivity contribution >= 4 is 11.8 Å². The lowest BCUT2D eigenvalue weighted by Crippen LogP contribution is -2.07. The Hall–Kier alpha value is 0.0900. The van der Waals surface area contributed by atoms with Gasteiger partial charge in [0.25, 0.3) is 0 Å². The molecule has 0 saturated carbocycles. The predicted molar refractivity (Wildman–Crippen MR) is 49.4 cm³/mol. The Balaban J connectivity index is 2.26. The van der Waals surface area contributed by atoms with Gasteiger partial charge in [-0.15, -0.1) is 0 Å². The zero-order valence-corrected chi connectivity index (χ0v) is 7.66. The molecule has 10 heavy (non-hydrogen) atoms. The third-order valence-electron chi connectivity index (χ3n) is 1.73. The molecule has 0 aromatic heterocycles. The minimum atomic E-state index is 0.855. The van der Waals surface area contributed by atoms with Gasteiger partial charge in [0.15, 0.2) is 0 Å². The predicted octanol–water partition coefficient (Wildman–Crippen LogP) is 2.95. The highest BCUT2D eigenvalue weighted by Gasteiger charge is 2.09. The molecule has 1 aliphatic heterocycles. The molecule has 1 unspecified atom stereocenters. The fourth-order valence-electron chi connectivity index (χ4n) is 1.34. The summed E-state index contributed by atoms with van der Waals surface area (Å²) in [6, 6.07) is 0. The van der Waals surface area contributed by atoms with E-state index in [9.17, 15) is 0 Å². The summed E-state index contributed by atoms with van der Waals surface area (Å²) in [5, 5.41) is 0. The van der Waals surface area contributed by atoms with E-state index in [1.54, 1.807) is 0 Å². The van der Waals surface area contributed by atoms with Crippen molar-refractivity contribution in [2.24, 2.45) is 11.8 Å². The first kappa shape index (κ1) is 8.19. The number of hydrogen-bond donors (Lipinski definition) is 0. The monoisotopic (exact) mass is 156 g/mol. The third kappa shape index (κ3) is 2.78. The van der Waals surface area contributed by atoms with Gasteiger partial charge < -0.3 is 0 Å². The summed E-state index contributed by atoms with van der Waals surface area (Å²) in [5.74, 6) is 4.29. The van der Waals surface area contributed by atoms with E-state index in [-0.39, 0.29) is 0 Å². The largest absolute Gasteiger partial charge is 0.157 e. The van der Waals surface area contributed by atoms with Crippen LogP contribution in [0.3, 0.4) is 0 Å². The number of allylic oxidation sites excluding steroid dienone is 1. The first-order valence-corrected chi connectivity index (χ1v) is 5.19. The summed E-state index contributed by atoms with van der Waals surface area (Å²) < 4.78 is 0. The van der Waals surface area contributed by atoms with E-state index < -0.39 is 0 Å². The van der Waals surface area contributed by atoms with Gasteiger partial charge in [-0.3, -0.25) is 0 Å². The van der Waals surface area contributed by atoms with Crippen LogP contribution in [-0.4, -0.2) is 11.5 Å². The Morgan fingerprint density at radius 2 is 2.40 bits per heavy atom. The highest BCUT2D eigenvalue weighted by atomic mass is 32.2. The molecule has 0 fully saturated rings. The van der Waals surface area contributed by atoms with Gasteiger partial charge in [0.2, 0.25) is 0 Å². The molecule has 0 saturated heterocycles. The van der Waals surface area contributed by atoms with Gasteiger partial charge >= 0.3 is 0 Å². The molecule has 1 atom stereocenters. The van der Waals surface area contributed by atoms with Crippen LogP contribution in [0.2, 0.25) is 0 Å². The van der Waals surface area contributed by atoms with Crippen molar-refractivity contribution < 1.29 is 0 Å². The molecule has 0 aromatic rings. The highest BCUT2D eigenvalue weighted by Crippen LogP contribution is 2.22. The Kier molecular flexibility index (Phi) is 3.33. The molecule has 1 heteroatoms. The lowest BCUT2D eigenvalue weighted by molar-refractivity contribution is 0.506. The fraction of sp³-hybridized carbons (Fsp3) is 0.778. The molecule has 0 aromatic carbocycles. The minimum absolute atomic E-state index is 0.855. The van der Waals surface area contributed by atoms with Crippen LogP contribution in [0.1, 0.15) is 20.3 Å². The standard InChI is InChI=1S/C9H16S/c1-8(2)6-9-4-3-5-10-7-9/h3-4,8-9H,5-7H2,1-2H3. The van der Waals surface area contributed by atoms with Gasteiger partial charge in [-0.25, -0.2) is 0 Å². The van der Waals surface area contributed by atoms with Crippen LogP contribution >= 0.6 is 11.8 Å². The zero-order chi connectivity index (χ0) is 7.40. The SMILES string of the molecule is CC(C)CC1C=CCSC1. The summed E-state index contributed by atoms with van der Waals surface area (Å²) in [7, 11) is 0. The van der Waals surface area contributed by atoms with Crippen LogP contribution in [0, 0.1) is 11.8 Å². The molecule has 1 heterocycles. The summed E-state index contributed by atoms with van der Waals surface area (Å²) in [5.41, 5.74) is 0. The van der Waals surface area contributed by atoms with Crippen molar-refractivity contribution in [2.75, 3.05) is 11.5 Å². The number of thioether (sulfide) groups is 1. The van der Waals surface area contributed by atoms with Crippen LogP contribution in [0.25, 0.3) is 0 Å². The van der Waals surface area contributed by atoms with Crippen LogP contribution in [0.5, 0.6) is 0 Å². The maximum atomic E-state index is 2.39. The van der Waals surface area contributed by atoms with Crippen LogP contribution in [0.15, 0.2) is 12.2 Å². The molecule has 0 spiro atoms. The third-order valence-corrected chi connectivity index (χ3v) is 2.82. The fourth-order valence-corrected chi connectivity index (χ4v) is 2.28. The zero-order valence-electron chi connectivity index (χ0n) is 6.84. The molecule has 58 valence electrons. The van der Waals surface area contributed by atoms with Gasteiger partial charge in [-0.05, 0) is 24.0 Å². The lowest BCUT2D eigenvalue weighted by atomic mass is 9.98. The second-order valence-electron chi connectivity index (χ2n) is 3.36. The quantitative estimate of drug-likeness (QED) is 0.554. The summed E-state index contributed by atoms with van der Waals surface area (Å²) in [6.45, 7) is 4.60. The minimum Gasteiger partial charge on any atom is -0.157 e. The van der Waals surface area contributed by atoms with Crippen molar-refractivity contribution in [2.45, 2.75) is 20.3 Å². The van der Waals surface area contributed by atoms with E-state index in [4.69, 9.17) is 0 Å². The Morgan fingerprint density at radius 1 is 1.60 bits per heavy atom. The molecule has 0 nitrogen and oxygen atoms in total. The van der Waals surface area contributed by atoms with Crippen molar-refractivity contribution in [3.63, 3.8) is 0 Å². The molecular weight excluding hydrogens is 140 g/mol. The maximum absolute atomic E-state index is 2.39. The average Bonchev–Trinajstić information content (AvgIpc) is 1.88. The maximum Gasteiger partial charge on any atom is 0.0113 e. The van der Waals surface area contributed by atoms with Crippen molar-refractivity contribution in [3.05, 3.63) is 12.2 Å². The van der Waals surface area contributed by atoms with E-state index in [1.807, 2.05) is 0 Å². The smallest absolute Gasteiger partial charge is 0.0113 e. The Bertz CT molecular complexity index is 116. The average molecular weight is 156 g/mol. The number of hydrogen-bond acceptors (Lipinski definition) is 1. The molecular formula is C9H16S. The first-order chi connectivity index (χ1) is 4.79. The van der Waals surface area contributed by atoms with E-state index in [0.717, 1.165) is 11.8 Å². The number of rotatable bonds is 2. The first-order valence-electron chi connectivity index (χ1n) is 4.03. The molecule has 0 amide bonds. The molecule has 1 aliphatic rings. The van der Waals surface area contributed by atoms with Gasteiger partial charge in [-0.1, -0.05) is 26.0 Å². The van der Waals surface area contributed by atoms with Crippen LogP contribution in [-0.2, 0) is 0 Å². The molecule has 0 radical (unpaired) electrons. The van der Waals surface area contributed by atoms with Crippen molar-refractivity contribution in [3.8, 4) is 0 Å². The molecule has 0 bridgehead atoms. The van der Waals surface area contributed by atoms with Gasteiger partial charge in [-0.2, -0.15) is 11.8 Å². The van der Waals surface area contributed by atoms with E-state index in [1.165, 1.54) is 17.9 Å². The topological polar surface area (TPSA) is 0 Å². The van der Waals surface area contributed by atoms with E-state index in [0.29, 0.717) is 0 Å². The summed E-state index contributed by atoms with van der Waals surface area (Å²) in [4.78, 5) is 0. The van der Waals surface area contributed by atoms with Crippen LogP contribution in [0.4, 0.5) is 0 Å².